The maximum atomic E-state index is 12.4. The van der Waals surface area contributed by atoms with Crippen molar-refractivity contribution in [2.45, 2.75) is 24.7 Å². The molecule has 0 unspecified atom stereocenters. The third kappa shape index (κ3) is 3.20. The van der Waals surface area contributed by atoms with Crippen molar-refractivity contribution in [3.05, 3.63) is 45.4 Å². The largest absolute Gasteiger partial charge is 0.270 e. The van der Waals surface area contributed by atoms with Gasteiger partial charge in [-0.1, -0.05) is 23.7 Å². The van der Waals surface area contributed by atoms with E-state index in [4.69, 9.17) is 11.6 Å². The number of hydrogen-bond acceptors (Lipinski definition) is 4. The van der Waals surface area contributed by atoms with Crippen LogP contribution in [0.4, 0.5) is 0 Å². The molecule has 0 aliphatic rings. The Morgan fingerprint density at radius 2 is 1.85 bits per heavy atom. The number of halogens is 1. The Labute approximate surface area is 128 Å². The Balaban J connectivity index is 2.23. The van der Waals surface area contributed by atoms with E-state index >= 15 is 0 Å². The number of sulfonamides is 1. The monoisotopic (exact) mass is 330 g/mol. The summed E-state index contributed by atoms with van der Waals surface area (Å²) in [5.41, 5.74) is 1.64. The van der Waals surface area contributed by atoms with Gasteiger partial charge in [-0.2, -0.15) is 4.31 Å². The van der Waals surface area contributed by atoms with E-state index in [1.165, 1.54) is 15.6 Å². The second kappa shape index (κ2) is 5.81. The topological polar surface area (TPSA) is 50.3 Å². The minimum absolute atomic E-state index is 0.143. The Bertz CT molecular complexity index is 689. The maximum absolute atomic E-state index is 12.4. The Hall–Kier alpha value is -0.950. The summed E-state index contributed by atoms with van der Waals surface area (Å²) >= 11 is 7.01. The van der Waals surface area contributed by atoms with E-state index in [-0.39, 0.29) is 10.9 Å². The van der Waals surface area contributed by atoms with E-state index in [2.05, 4.69) is 4.98 Å². The molecule has 0 amide bonds. The first-order chi connectivity index (χ1) is 9.30. The van der Waals surface area contributed by atoms with Gasteiger partial charge in [0.25, 0.3) is 10.0 Å². The highest BCUT2D eigenvalue weighted by molar-refractivity contribution is 7.91. The molecule has 0 aliphatic carbocycles. The lowest BCUT2D eigenvalue weighted by Crippen LogP contribution is -2.26. The summed E-state index contributed by atoms with van der Waals surface area (Å²) in [6.07, 6.45) is 0. The molecule has 0 N–H and O–H groups in total. The molecule has 4 nitrogen and oxygen atoms in total. The van der Waals surface area contributed by atoms with E-state index in [0.29, 0.717) is 5.02 Å². The van der Waals surface area contributed by atoms with E-state index < -0.39 is 10.0 Å². The van der Waals surface area contributed by atoms with E-state index in [0.717, 1.165) is 16.1 Å². The summed E-state index contributed by atoms with van der Waals surface area (Å²) in [6, 6.07) is 7.11. The fraction of sp³-hybridized carbons (Fsp3) is 0.308. The van der Waals surface area contributed by atoms with Crippen molar-refractivity contribution in [3.8, 4) is 0 Å². The van der Waals surface area contributed by atoms with Gasteiger partial charge in [0.1, 0.15) is 0 Å². The van der Waals surface area contributed by atoms with Gasteiger partial charge in [0.15, 0.2) is 0 Å². The Morgan fingerprint density at radius 3 is 2.35 bits per heavy atom. The molecule has 108 valence electrons. The second-order valence-electron chi connectivity index (χ2n) is 4.51. The van der Waals surface area contributed by atoms with Crippen LogP contribution in [0.2, 0.25) is 5.02 Å². The minimum atomic E-state index is -3.54. The first-order valence-corrected chi connectivity index (χ1v) is 8.59. The van der Waals surface area contributed by atoms with Crippen LogP contribution in [0.1, 0.15) is 16.1 Å². The number of aromatic nitrogens is 1. The van der Waals surface area contributed by atoms with Crippen LogP contribution in [0.15, 0.2) is 28.6 Å². The van der Waals surface area contributed by atoms with Gasteiger partial charge < -0.3 is 0 Å². The van der Waals surface area contributed by atoms with Crippen molar-refractivity contribution in [2.24, 2.45) is 0 Å². The van der Waals surface area contributed by atoms with Crippen molar-refractivity contribution in [3.63, 3.8) is 0 Å². The molecule has 0 aliphatic heterocycles. The van der Waals surface area contributed by atoms with E-state index in [1.807, 2.05) is 26.0 Å². The molecular weight excluding hydrogens is 316 g/mol. The fourth-order valence-electron chi connectivity index (χ4n) is 1.62. The first kappa shape index (κ1) is 15.4. The Morgan fingerprint density at radius 1 is 1.25 bits per heavy atom. The van der Waals surface area contributed by atoms with Gasteiger partial charge in [-0.05, 0) is 31.5 Å². The van der Waals surface area contributed by atoms with Gasteiger partial charge in [-0.15, -0.1) is 11.3 Å². The van der Waals surface area contributed by atoms with Crippen LogP contribution < -0.4 is 0 Å². The predicted octanol–water partition coefficient (Wildman–Crippen LogP) is 3.23. The smallest absolute Gasteiger partial charge is 0.229 e. The van der Waals surface area contributed by atoms with Crippen LogP contribution in [0, 0.1) is 13.8 Å². The number of hydrogen-bond donors (Lipinski definition) is 0. The van der Waals surface area contributed by atoms with Gasteiger partial charge >= 0.3 is 0 Å². The highest BCUT2D eigenvalue weighted by atomic mass is 35.5. The zero-order valence-electron chi connectivity index (χ0n) is 11.4. The number of rotatable bonds is 4. The van der Waals surface area contributed by atoms with E-state index in [1.54, 1.807) is 19.2 Å². The average molecular weight is 331 g/mol. The average Bonchev–Trinajstić information content (AvgIpc) is 2.73. The molecule has 1 aromatic carbocycles. The summed E-state index contributed by atoms with van der Waals surface area (Å²) in [5, 5.41) is 0.630. The molecule has 20 heavy (non-hydrogen) atoms. The lowest BCUT2D eigenvalue weighted by Gasteiger charge is -2.15. The van der Waals surface area contributed by atoms with Crippen molar-refractivity contribution >= 4 is 33.0 Å². The van der Waals surface area contributed by atoms with Gasteiger partial charge in [0, 0.05) is 23.5 Å². The quantitative estimate of drug-likeness (QED) is 0.864. The highest BCUT2D eigenvalue weighted by Gasteiger charge is 2.25. The number of benzene rings is 1. The number of nitrogens with zero attached hydrogens (tertiary/aromatic N) is 2. The standard InChI is InChI=1S/C13H15ClN2O2S2/c1-9-10(2)19-13(15-9)20(17,18)16(3)8-11-4-6-12(14)7-5-11/h4-7H,8H2,1-3H3. The summed E-state index contributed by atoms with van der Waals surface area (Å²) in [6.45, 7) is 3.96. The summed E-state index contributed by atoms with van der Waals surface area (Å²) in [4.78, 5) is 5.05. The molecule has 2 aromatic rings. The molecule has 0 fully saturated rings. The number of thiazole rings is 1. The summed E-state index contributed by atoms with van der Waals surface area (Å²) < 4.78 is 26.3. The van der Waals surface area contributed by atoms with E-state index in [9.17, 15) is 8.42 Å². The molecule has 0 atom stereocenters. The highest BCUT2D eigenvalue weighted by Crippen LogP contribution is 2.24. The van der Waals surface area contributed by atoms with Crippen LogP contribution in [0.3, 0.4) is 0 Å². The zero-order chi connectivity index (χ0) is 14.9. The zero-order valence-corrected chi connectivity index (χ0v) is 13.8. The molecule has 0 saturated heterocycles. The van der Waals surface area contributed by atoms with Gasteiger partial charge in [-0.25, -0.2) is 13.4 Å². The van der Waals surface area contributed by atoms with Gasteiger partial charge in [0.05, 0.1) is 5.69 Å². The molecule has 1 heterocycles. The summed E-state index contributed by atoms with van der Waals surface area (Å²) in [7, 11) is -1.99. The second-order valence-corrected chi connectivity index (χ2v) is 8.37. The van der Waals surface area contributed by atoms with Crippen molar-refractivity contribution in [2.75, 3.05) is 7.05 Å². The van der Waals surface area contributed by atoms with Crippen molar-refractivity contribution < 1.29 is 8.42 Å². The van der Waals surface area contributed by atoms with Crippen molar-refractivity contribution in [1.82, 2.24) is 9.29 Å². The molecule has 0 spiro atoms. The van der Waals surface area contributed by atoms with Crippen LogP contribution in [-0.2, 0) is 16.6 Å². The molecule has 0 radical (unpaired) electrons. The fourth-order valence-corrected chi connectivity index (χ4v) is 4.40. The molecule has 1 aromatic heterocycles. The molecule has 2 rings (SSSR count). The van der Waals surface area contributed by atoms with Crippen LogP contribution >= 0.6 is 22.9 Å². The van der Waals surface area contributed by atoms with Crippen LogP contribution in [0.25, 0.3) is 0 Å². The van der Waals surface area contributed by atoms with Crippen LogP contribution in [-0.4, -0.2) is 24.8 Å². The number of aryl methyl sites for hydroxylation is 2. The van der Waals surface area contributed by atoms with Gasteiger partial charge in [-0.3, -0.25) is 0 Å². The minimum Gasteiger partial charge on any atom is -0.229 e. The predicted molar refractivity (Wildman–Crippen MR) is 81.7 cm³/mol. The van der Waals surface area contributed by atoms with Crippen molar-refractivity contribution in [1.29, 1.82) is 0 Å². The van der Waals surface area contributed by atoms with Crippen LogP contribution in [0.5, 0.6) is 0 Å². The maximum Gasteiger partial charge on any atom is 0.270 e. The third-order valence-corrected chi connectivity index (χ3v) is 6.44. The third-order valence-electron chi connectivity index (χ3n) is 2.96. The Kier molecular flexibility index (Phi) is 4.49. The SMILES string of the molecule is Cc1nc(S(=O)(=O)N(C)Cc2ccc(Cl)cc2)sc1C. The van der Waals surface area contributed by atoms with Gasteiger partial charge in [0.2, 0.25) is 4.34 Å². The molecule has 0 bridgehead atoms. The lowest BCUT2D eigenvalue weighted by atomic mass is 10.2. The lowest BCUT2D eigenvalue weighted by molar-refractivity contribution is 0.466. The normalized spacial score (nSPS) is 12.1. The molecule has 7 heteroatoms. The molecule has 0 saturated carbocycles. The first-order valence-electron chi connectivity index (χ1n) is 5.95. The molecular formula is C13H15ClN2O2S2. The summed E-state index contributed by atoms with van der Waals surface area (Å²) in [5.74, 6) is 0.